The molecule has 0 saturated heterocycles. The van der Waals surface area contributed by atoms with E-state index in [1.807, 2.05) is 0 Å². The van der Waals surface area contributed by atoms with E-state index in [0.717, 1.165) is 57.8 Å². The zero-order chi connectivity index (χ0) is 20.3. The monoisotopic (exact) mass is 381 g/mol. The molecule has 1 unspecified atom stereocenters. The van der Waals surface area contributed by atoms with Crippen LogP contribution in [0.25, 0.3) is 0 Å². The van der Waals surface area contributed by atoms with E-state index in [2.05, 4.69) is 79.8 Å². The molecule has 0 radical (unpaired) electrons. The second-order valence-electron chi connectivity index (χ2n) is 7.35. The van der Waals surface area contributed by atoms with Crippen molar-refractivity contribution >= 4 is 5.91 Å². The van der Waals surface area contributed by atoms with Crippen molar-refractivity contribution in [2.45, 2.75) is 71.1 Å². The average Bonchev–Trinajstić information content (AvgIpc) is 2.64. The predicted molar refractivity (Wildman–Crippen MR) is 123 cm³/mol. The molecule has 0 aromatic carbocycles. The summed E-state index contributed by atoms with van der Waals surface area (Å²) < 4.78 is 0. The van der Waals surface area contributed by atoms with Crippen LogP contribution in [-0.2, 0) is 4.79 Å². The highest BCUT2D eigenvalue weighted by molar-refractivity contribution is 5.77. The zero-order valence-corrected chi connectivity index (χ0v) is 17.6. The average molecular weight is 382 g/mol. The molecule has 0 spiro atoms. The molecule has 1 aliphatic carbocycles. The van der Waals surface area contributed by atoms with E-state index < -0.39 is 0 Å². The summed E-state index contributed by atoms with van der Waals surface area (Å²) in [5, 5.41) is 0. The van der Waals surface area contributed by atoms with E-state index in [1.165, 1.54) is 6.42 Å². The number of carbonyl (C=O) groups is 1. The van der Waals surface area contributed by atoms with Crippen molar-refractivity contribution in [3.63, 3.8) is 0 Å². The maximum absolute atomic E-state index is 11.5. The van der Waals surface area contributed by atoms with Gasteiger partial charge in [0.1, 0.15) is 0 Å². The fourth-order valence-electron chi connectivity index (χ4n) is 3.15. The lowest BCUT2D eigenvalue weighted by molar-refractivity contribution is -0.124. The van der Waals surface area contributed by atoms with Crippen molar-refractivity contribution in [1.82, 2.24) is 0 Å². The molecular formula is C26H39NO. The maximum atomic E-state index is 11.5. The second kappa shape index (κ2) is 17.0. The molecule has 1 fully saturated rings. The van der Waals surface area contributed by atoms with Crippen LogP contribution in [0.2, 0.25) is 0 Å². The number of nitrogens with two attached hydrogens (primary N) is 1. The Morgan fingerprint density at radius 3 is 1.46 bits per heavy atom. The third kappa shape index (κ3) is 12.3. The van der Waals surface area contributed by atoms with Crippen LogP contribution in [0.15, 0.2) is 72.9 Å². The molecule has 1 amide bonds. The summed E-state index contributed by atoms with van der Waals surface area (Å²) in [6, 6.07) is 0. The highest BCUT2D eigenvalue weighted by Crippen LogP contribution is 2.35. The summed E-state index contributed by atoms with van der Waals surface area (Å²) in [5.74, 6) is 0.429. The first-order valence-electron chi connectivity index (χ1n) is 10.9. The first-order valence-corrected chi connectivity index (χ1v) is 10.9. The first kappa shape index (κ1) is 23.9. The maximum Gasteiger partial charge on any atom is 0.221 e. The number of allylic oxidation sites excluding steroid dienone is 12. The molecule has 2 N–H and O–H groups in total. The van der Waals surface area contributed by atoms with Crippen molar-refractivity contribution in [2.24, 2.45) is 17.6 Å². The van der Waals surface area contributed by atoms with Crippen LogP contribution in [0.3, 0.4) is 0 Å². The predicted octanol–water partition coefficient (Wildman–Crippen LogP) is 6.98. The number of carbonyl (C=O) groups excluding carboxylic acids is 1. The lowest BCUT2D eigenvalue weighted by Gasteiger charge is -2.31. The third-order valence-electron chi connectivity index (χ3n) is 5.07. The molecule has 2 heteroatoms. The van der Waals surface area contributed by atoms with Gasteiger partial charge in [-0.15, -0.1) is 0 Å². The van der Waals surface area contributed by atoms with Gasteiger partial charge in [0.05, 0.1) is 0 Å². The number of hydrogen-bond acceptors (Lipinski definition) is 1. The van der Waals surface area contributed by atoms with Gasteiger partial charge in [-0.1, -0.05) is 86.3 Å². The van der Waals surface area contributed by atoms with Crippen LogP contribution in [-0.4, -0.2) is 5.91 Å². The number of rotatable bonds is 15. The van der Waals surface area contributed by atoms with Crippen molar-refractivity contribution in [3.05, 3.63) is 72.9 Å². The van der Waals surface area contributed by atoms with Gasteiger partial charge in [-0.3, -0.25) is 4.79 Å². The Kier molecular flexibility index (Phi) is 14.6. The van der Waals surface area contributed by atoms with Crippen LogP contribution < -0.4 is 5.73 Å². The van der Waals surface area contributed by atoms with Crippen molar-refractivity contribution in [3.8, 4) is 0 Å². The molecule has 1 aliphatic rings. The Morgan fingerprint density at radius 2 is 1.14 bits per heavy atom. The fourth-order valence-corrected chi connectivity index (χ4v) is 3.15. The number of hydrogen-bond donors (Lipinski definition) is 1. The van der Waals surface area contributed by atoms with E-state index in [9.17, 15) is 4.79 Å². The molecule has 0 aromatic heterocycles. The summed E-state index contributed by atoms with van der Waals surface area (Å²) in [4.78, 5) is 11.5. The fraction of sp³-hybridized carbons (Fsp3) is 0.500. The summed E-state index contributed by atoms with van der Waals surface area (Å²) in [7, 11) is 0. The van der Waals surface area contributed by atoms with Crippen LogP contribution in [0.5, 0.6) is 0 Å². The van der Waals surface area contributed by atoms with Gasteiger partial charge in [0.15, 0.2) is 0 Å². The largest absolute Gasteiger partial charge is 0.369 e. The van der Waals surface area contributed by atoms with E-state index >= 15 is 0 Å². The van der Waals surface area contributed by atoms with Crippen LogP contribution in [0.1, 0.15) is 71.1 Å². The lowest BCUT2D eigenvalue weighted by Crippen LogP contribution is -2.33. The summed E-state index contributed by atoms with van der Waals surface area (Å²) in [6.45, 7) is 2.16. The van der Waals surface area contributed by atoms with E-state index in [0.29, 0.717) is 5.92 Å². The molecule has 28 heavy (non-hydrogen) atoms. The number of amides is 1. The molecule has 0 bridgehead atoms. The van der Waals surface area contributed by atoms with Gasteiger partial charge in [-0.05, 0) is 63.7 Å². The molecule has 154 valence electrons. The SMILES string of the molecule is CC/C=C/C/C=C/C/C=C/C/C=C/C/C=C/C/C=C/CC(C(N)=O)C1CCC1. The van der Waals surface area contributed by atoms with Crippen LogP contribution in [0, 0.1) is 11.8 Å². The minimum Gasteiger partial charge on any atom is -0.369 e. The van der Waals surface area contributed by atoms with E-state index in [-0.39, 0.29) is 11.8 Å². The quantitative estimate of drug-likeness (QED) is 0.306. The molecule has 0 aromatic rings. The Balaban J connectivity index is 2.02. The van der Waals surface area contributed by atoms with Gasteiger partial charge in [0.25, 0.3) is 0 Å². The van der Waals surface area contributed by atoms with Crippen LogP contribution in [0.4, 0.5) is 0 Å². The molecular weight excluding hydrogens is 342 g/mol. The normalized spacial score (nSPS) is 17.2. The minimum atomic E-state index is -0.135. The summed E-state index contributed by atoms with van der Waals surface area (Å²) in [5.41, 5.74) is 5.52. The van der Waals surface area contributed by atoms with Gasteiger partial charge < -0.3 is 5.73 Å². The Labute approximate surface area is 172 Å². The lowest BCUT2D eigenvalue weighted by atomic mass is 9.74. The Bertz CT molecular complexity index is 573. The van der Waals surface area contributed by atoms with Crippen molar-refractivity contribution in [1.29, 1.82) is 0 Å². The Morgan fingerprint density at radius 1 is 0.750 bits per heavy atom. The zero-order valence-electron chi connectivity index (χ0n) is 17.6. The molecule has 1 rings (SSSR count). The second-order valence-corrected chi connectivity index (χ2v) is 7.35. The molecule has 1 atom stereocenters. The van der Waals surface area contributed by atoms with Gasteiger partial charge in [-0.25, -0.2) is 0 Å². The van der Waals surface area contributed by atoms with Crippen LogP contribution >= 0.6 is 0 Å². The standard InChI is InChI=1S/C26H39NO/c1-2-3-4-5-6-7-8-9-10-11-12-13-14-15-16-17-18-19-23-25(26(27)28)24-21-20-22-24/h3-4,6-7,9-10,12-13,15-16,18-19,24-25H,2,5,8,11,14,17,20-23H2,1H3,(H2,27,28)/b4-3+,7-6+,10-9+,13-12+,16-15+,19-18+. The minimum absolute atomic E-state index is 0.0401. The third-order valence-corrected chi connectivity index (χ3v) is 5.07. The molecule has 0 heterocycles. The topological polar surface area (TPSA) is 43.1 Å². The van der Waals surface area contributed by atoms with Gasteiger partial charge in [0, 0.05) is 5.92 Å². The molecule has 0 aliphatic heterocycles. The first-order chi connectivity index (χ1) is 13.8. The van der Waals surface area contributed by atoms with Gasteiger partial charge in [0.2, 0.25) is 5.91 Å². The van der Waals surface area contributed by atoms with Gasteiger partial charge >= 0.3 is 0 Å². The number of primary amides is 1. The Hall–Kier alpha value is -2.09. The smallest absolute Gasteiger partial charge is 0.221 e. The van der Waals surface area contributed by atoms with E-state index in [4.69, 9.17) is 5.73 Å². The van der Waals surface area contributed by atoms with Gasteiger partial charge in [-0.2, -0.15) is 0 Å². The van der Waals surface area contributed by atoms with E-state index in [1.54, 1.807) is 0 Å². The molecule has 1 saturated carbocycles. The summed E-state index contributed by atoms with van der Waals surface area (Å²) in [6.07, 6.45) is 36.7. The highest BCUT2D eigenvalue weighted by atomic mass is 16.1. The van der Waals surface area contributed by atoms with Crippen molar-refractivity contribution in [2.75, 3.05) is 0 Å². The van der Waals surface area contributed by atoms with Crippen molar-refractivity contribution < 1.29 is 4.79 Å². The highest BCUT2D eigenvalue weighted by Gasteiger charge is 2.29. The summed E-state index contributed by atoms with van der Waals surface area (Å²) >= 11 is 0. The molecule has 2 nitrogen and oxygen atoms in total.